The molecule has 3 heteroatoms. The van der Waals surface area contributed by atoms with Crippen molar-refractivity contribution in [1.82, 2.24) is 10.2 Å². The zero-order valence-corrected chi connectivity index (χ0v) is 8.39. The van der Waals surface area contributed by atoms with Crippen molar-refractivity contribution in [3.05, 3.63) is 0 Å². The van der Waals surface area contributed by atoms with E-state index in [0.29, 0.717) is 6.54 Å². The summed E-state index contributed by atoms with van der Waals surface area (Å²) >= 11 is 0. The Balaban J connectivity index is 0.000000561. The standard InChI is InChI=1S/C7H14N2O.C2H6/c1-8-7(10)6-9-4-2-3-5-9;1-2/h2-6H2,1H3,(H,8,10);1-2H3. The molecule has 3 nitrogen and oxygen atoms in total. The van der Waals surface area contributed by atoms with Crippen LogP contribution in [0.5, 0.6) is 0 Å². The van der Waals surface area contributed by atoms with Crippen LogP contribution in [0.15, 0.2) is 0 Å². The predicted molar refractivity (Wildman–Crippen MR) is 51.1 cm³/mol. The van der Waals surface area contributed by atoms with Gasteiger partial charge in [0.05, 0.1) is 6.54 Å². The first-order chi connectivity index (χ1) is 5.83. The quantitative estimate of drug-likeness (QED) is 0.670. The van der Waals surface area contributed by atoms with Crippen molar-refractivity contribution >= 4 is 5.91 Å². The van der Waals surface area contributed by atoms with Crippen LogP contribution in [0.1, 0.15) is 26.7 Å². The summed E-state index contributed by atoms with van der Waals surface area (Å²) in [6.07, 6.45) is 2.49. The first kappa shape index (κ1) is 11.4. The molecule has 1 heterocycles. The molecule has 0 aromatic carbocycles. The lowest BCUT2D eigenvalue weighted by Crippen LogP contribution is -2.33. The number of amides is 1. The van der Waals surface area contributed by atoms with Gasteiger partial charge in [-0.05, 0) is 25.9 Å². The van der Waals surface area contributed by atoms with Gasteiger partial charge in [0.1, 0.15) is 0 Å². The highest BCUT2D eigenvalue weighted by Gasteiger charge is 2.13. The Hall–Kier alpha value is -0.570. The predicted octanol–water partition coefficient (Wildman–Crippen LogP) is 0.854. The zero-order valence-electron chi connectivity index (χ0n) is 8.39. The van der Waals surface area contributed by atoms with Crippen molar-refractivity contribution in [2.24, 2.45) is 0 Å². The summed E-state index contributed by atoms with van der Waals surface area (Å²) in [5.41, 5.74) is 0. The Kier molecular flexibility index (Phi) is 6.76. The van der Waals surface area contributed by atoms with Crippen molar-refractivity contribution in [3.8, 4) is 0 Å². The second-order valence-corrected chi connectivity index (χ2v) is 2.66. The van der Waals surface area contributed by atoms with Crippen LogP contribution in [0.2, 0.25) is 0 Å². The molecule has 72 valence electrons. The molecule has 1 aliphatic rings. The Bertz CT molecular complexity index is 120. The van der Waals surface area contributed by atoms with E-state index in [-0.39, 0.29) is 5.91 Å². The van der Waals surface area contributed by atoms with Gasteiger partial charge in [-0.2, -0.15) is 0 Å². The van der Waals surface area contributed by atoms with Gasteiger partial charge in [0.25, 0.3) is 0 Å². The van der Waals surface area contributed by atoms with Gasteiger partial charge >= 0.3 is 0 Å². The molecule has 0 atom stereocenters. The summed E-state index contributed by atoms with van der Waals surface area (Å²) in [6.45, 7) is 6.76. The number of nitrogens with one attached hydrogen (secondary N) is 1. The average Bonchev–Trinajstić information content (AvgIpc) is 2.60. The number of nitrogens with zero attached hydrogens (tertiary/aromatic N) is 1. The topological polar surface area (TPSA) is 32.3 Å². The molecule has 0 aromatic rings. The number of rotatable bonds is 2. The lowest BCUT2D eigenvalue weighted by Gasteiger charge is -2.11. The first-order valence-electron chi connectivity index (χ1n) is 4.76. The van der Waals surface area contributed by atoms with Crippen LogP contribution in [-0.2, 0) is 4.79 Å². The molecule has 0 aromatic heterocycles. The number of carbonyl (C=O) groups is 1. The number of hydrogen-bond donors (Lipinski definition) is 1. The molecule has 0 saturated carbocycles. The van der Waals surface area contributed by atoms with Crippen LogP contribution in [0, 0.1) is 0 Å². The Labute approximate surface area is 75.1 Å². The third-order valence-corrected chi connectivity index (χ3v) is 1.84. The van der Waals surface area contributed by atoms with Crippen molar-refractivity contribution < 1.29 is 4.79 Å². The van der Waals surface area contributed by atoms with Crippen molar-refractivity contribution in [3.63, 3.8) is 0 Å². The minimum absolute atomic E-state index is 0.127. The van der Waals surface area contributed by atoms with Crippen LogP contribution in [0.3, 0.4) is 0 Å². The van der Waals surface area contributed by atoms with Gasteiger partial charge in [0.2, 0.25) is 5.91 Å². The Morgan fingerprint density at radius 2 is 1.83 bits per heavy atom. The van der Waals surface area contributed by atoms with E-state index in [9.17, 15) is 4.79 Å². The van der Waals surface area contributed by atoms with E-state index in [2.05, 4.69) is 10.2 Å². The molecular formula is C9H20N2O. The summed E-state index contributed by atoms with van der Waals surface area (Å²) in [7, 11) is 1.68. The van der Waals surface area contributed by atoms with E-state index in [1.165, 1.54) is 12.8 Å². The molecule has 0 spiro atoms. The van der Waals surface area contributed by atoms with Crippen LogP contribution in [0.25, 0.3) is 0 Å². The third-order valence-electron chi connectivity index (χ3n) is 1.84. The van der Waals surface area contributed by atoms with E-state index in [1.807, 2.05) is 13.8 Å². The number of hydrogen-bond acceptors (Lipinski definition) is 2. The molecule has 1 amide bonds. The maximum absolute atomic E-state index is 10.8. The second-order valence-electron chi connectivity index (χ2n) is 2.66. The fourth-order valence-electron chi connectivity index (χ4n) is 1.22. The molecule has 1 fully saturated rings. The van der Waals surface area contributed by atoms with E-state index in [0.717, 1.165) is 13.1 Å². The molecule has 1 N–H and O–H groups in total. The van der Waals surface area contributed by atoms with Gasteiger partial charge in [0.15, 0.2) is 0 Å². The number of likely N-dealkylation sites (N-methyl/N-ethyl adjacent to an activating group) is 1. The largest absolute Gasteiger partial charge is 0.358 e. The number of likely N-dealkylation sites (tertiary alicyclic amines) is 1. The van der Waals surface area contributed by atoms with Gasteiger partial charge in [-0.1, -0.05) is 13.8 Å². The highest BCUT2D eigenvalue weighted by Crippen LogP contribution is 2.05. The minimum atomic E-state index is 0.127. The molecule has 1 rings (SSSR count). The molecule has 0 aliphatic carbocycles. The molecule has 1 aliphatic heterocycles. The van der Waals surface area contributed by atoms with Crippen LogP contribution < -0.4 is 5.32 Å². The molecular weight excluding hydrogens is 152 g/mol. The summed E-state index contributed by atoms with van der Waals surface area (Å²) < 4.78 is 0. The van der Waals surface area contributed by atoms with E-state index < -0.39 is 0 Å². The maximum atomic E-state index is 10.8. The van der Waals surface area contributed by atoms with Gasteiger partial charge in [-0.15, -0.1) is 0 Å². The third kappa shape index (κ3) is 4.34. The second kappa shape index (κ2) is 7.10. The number of carbonyl (C=O) groups excluding carboxylic acids is 1. The molecule has 12 heavy (non-hydrogen) atoms. The fourth-order valence-corrected chi connectivity index (χ4v) is 1.22. The average molecular weight is 172 g/mol. The lowest BCUT2D eigenvalue weighted by molar-refractivity contribution is -0.121. The summed E-state index contributed by atoms with van der Waals surface area (Å²) in [5, 5.41) is 2.61. The van der Waals surface area contributed by atoms with E-state index in [1.54, 1.807) is 7.05 Å². The van der Waals surface area contributed by atoms with E-state index in [4.69, 9.17) is 0 Å². The van der Waals surface area contributed by atoms with Crippen molar-refractivity contribution in [1.29, 1.82) is 0 Å². The van der Waals surface area contributed by atoms with Gasteiger partial charge in [-0.25, -0.2) is 0 Å². The van der Waals surface area contributed by atoms with Crippen LogP contribution in [-0.4, -0.2) is 37.5 Å². The lowest BCUT2D eigenvalue weighted by atomic mass is 10.4. The molecule has 1 saturated heterocycles. The summed E-state index contributed by atoms with van der Waals surface area (Å²) in [6, 6.07) is 0. The van der Waals surface area contributed by atoms with Crippen molar-refractivity contribution in [2.75, 3.05) is 26.7 Å². The SMILES string of the molecule is CC.CNC(=O)CN1CCCC1. The van der Waals surface area contributed by atoms with Gasteiger partial charge < -0.3 is 5.32 Å². The summed E-state index contributed by atoms with van der Waals surface area (Å²) in [4.78, 5) is 13.0. The fraction of sp³-hybridized carbons (Fsp3) is 0.889. The molecule has 0 bridgehead atoms. The van der Waals surface area contributed by atoms with Crippen LogP contribution in [0.4, 0.5) is 0 Å². The molecule has 0 radical (unpaired) electrons. The minimum Gasteiger partial charge on any atom is -0.358 e. The molecule has 0 unspecified atom stereocenters. The van der Waals surface area contributed by atoms with Crippen molar-refractivity contribution in [2.45, 2.75) is 26.7 Å². The zero-order chi connectivity index (χ0) is 9.40. The normalized spacial score (nSPS) is 16.6. The summed E-state index contributed by atoms with van der Waals surface area (Å²) in [5.74, 6) is 0.127. The highest BCUT2D eigenvalue weighted by atomic mass is 16.1. The first-order valence-corrected chi connectivity index (χ1v) is 4.76. The van der Waals surface area contributed by atoms with E-state index >= 15 is 0 Å². The Morgan fingerprint density at radius 1 is 1.33 bits per heavy atom. The van der Waals surface area contributed by atoms with Gasteiger partial charge in [0, 0.05) is 7.05 Å². The van der Waals surface area contributed by atoms with Crippen LogP contribution >= 0.6 is 0 Å². The maximum Gasteiger partial charge on any atom is 0.233 e. The smallest absolute Gasteiger partial charge is 0.233 e. The Morgan fingerprint density at radius 3 is 2.25 bits per heavy atom. The van der Waals surface area contributed by atoms with Gasteiger partial charge in [-0.3, -0.25) is 9.69 Å². The highest BCUT2D eigenvalue weighted by molar-refractivity contribution is 5.77. The monoisotopic (exact) mass is 172 g/mol.